The molecule has 0 bridgehead atoms. The number of halogens is 1. The van der Waals surface area contributed by atoms with Crippen LogP contribution in [0, 0.1) is 0 Å². The third-order valence-electron chi connectivity index (χ3n) is 3.89. The molecule has 0 saturated heterocycles. The van der Waals surface area contributed by atoms with Crippen molar-refractivity contribution in [2.75, 3.05) is 5.32 Å². The van der Waals surface area contributed by atoms with E-state index in [4.69, 9.17) is 11.6 Å². The predicted octanol–water partition coefficient (Wildman–Crippen LogP) is 2.87. The van der Waals surface area contributed by atoms with Crippen LogP contribution in [0.3, 0.4) is 0 Å². The van der Waals surface area contributed by atoms with Crippen molar-refractivity contribution in [3.8, 4) is 0 Å². The van der Waals surface area contributed by atoms with Gasteiger partial charge in [-0.05, 0) is 46.2 Å². The van der Waals surface area contributed by atoms with Crippen molar-refractivity contribution in [3.05, 3.63) is 64.9 Å². The van der Waals surface area contributed by atoms with Crippen LogP contribution in [0.5, 0.6) is 0 Å². The zero-order chi connectivity index (χ0) is 14.9. The molecule has 0 aliphatic carbocycles. The average Bonchev–Trinajstić information content (AvgIpc) is 3.04. The Labute approximate surface area is 132 Å². The molecule has 4 rings (SSSR count). The SMILES string of the molecule is Clc1ccc([C@@H]2C[C@@H](c3cccnc3)Nc3nnnn32)cc1. The van der Waals surface area contributed by atoms with Crippen molar-refractivity contribution < 1.29 is 0 Å². The van der Waals surface area contributed by atoms with E-state index in [0.717, 1.165) is 22.6 Å². The number of aromatic nitrogens is 5. The summed E-state index contributed by atoms with van der Waals surface area (Å²) in [5.74, 6) is 0.667. The number of nitrogens with one attached hydrogen (secondary N) is 1. The lowest BCUT2D eigenvalue weighted by molar-refractivity contribution is 0.423. The number of hydrogen-bond donors (Lipinski definition) is 1. The molecule has 0 amide bonds. The molecule has 1 N–H and O–H groups in total. The van der Waals surface area contributed by atoms with Gasteiger partial charge in [-0.1, -0.05) is 34.9 Å². The summed E-state index contributed by atoms with van der Waals surface area (Å²) in [6.07, 6.45) is 4.48. The lowest BCUT2D eigenvalue weighted by Gasteiger charge is -2.30. The normalized spacial score (nSPS) is 20.2. The molecule has 3 heterocycles. The largest absolute Gasteiger partial charge is 0.346 e. The minimum atomic E-state index is 0.0636. The van der Waals surface area contributed by atoms with Crippen molar-refractivity contribution in [3.63, 3.8) is 0 Å². The highest BCUT2D eigenvalue weighted by atomic mass is 35.5. The Bertz CT molecular complexity index is 770. The van der Waals surface area contributed by atoms with E-state index in [0.29, 0.717) is 5.95 Å². The maximum atomic E-state index is 5.99. The molecule has 0 spiro atoms. The van der Waals surface area contributed by atoms with Gasteiger partial charge in [-0.25, -0.2) is 4.68 Å². The number of pyridine rings is 1. The van der Waals surface area contributed by atoms with Gasteiger partial charge < -0.3 is 5.32 Å². The average molecular weight is 313 g/mol. The number of anilines is 1. The first-order valence-electron chi connectivity index (χ1n) is 7.01. The number of hydrogen-bond acceptors (Lipinski definition) is 5. The number of tetrazole rings is 1. The van der Waals surface area contributed by atoms with E-state index in [1.165, 1.54) is 0 Å². The fourth-order valence-corrected chi connectivity index (χ4v) is 2.93. The molecule has 3 aromatic rings. The van der Waals surface area contributed by atoms with E-state index in [2.05, 4.69) is 31.9 Å². The van der Waals surface area contributed by atoms with Gasteiger partial charge in [0.25, 0.3) is 0 Å². The van der Waals surface area contributed by atoms with Crippen molar-refractivity contribution >= 4 is 17.5 Å². The summed E-state index contributed by atoms with van der Waals surface area (Å²) in [4.78, 5) is 4.20. The quantitative estimate of drug-likeness (QED) is 0.788. The van der Waals surface area contributed by atoms with Crippen LogP contribution in [-0.4, -0.2) is 25.2 Å². The molecule has 0 saturated carbocycles. The minimum Gasteiger partial charge on any atom is -0.346 e. The summed E-state index contributed by atoms with van der Waals surface area (Å²) in [6, 6.07) is 12.0. The van der Waals surface area contributed by atoms with E-state index in [-0.39, 0.29) is 12.1 Å². The second-order valence-corrected chi connectivity index (χ2v) is 5.67. The second-order valence-electron chi connectivity index (χ2n) is 5.23. The molecule has 110 valence electrons. The number of rotatable bonds is 2. The van der Waals surface area contributed by atoms with Crippen LogP contribution >= 0.6 is 11.6 Å². The summed E-state index contributed by atoms with van der Waals surface area (Å²) in [5, 5.41) is 16.0. The monoisotopic (exact) mass is 312 g/mol. The van der Waals surface area contributed by atoms with Gasteiger partial charge in [0.15, 0.2) is 0 Å². The molecule has 0 radical (unpaired) electrons. The van der Waals surface area contributed by atoms with Crippen molar-refractivity contribution in [2.45, 2.75) is 18.5 Å². The lowest BCUT2D eigenvalue weighted by atomic mass is 9.94. The maximum Gasteiger partial charge on any atom is 0.243 e. The van der Waals surface area contributed by atoms with Gasteiger partial charge in [-0.15, -0.1) is 0 Å². The minimum absolute atomic E-state index is 0.0636. The maximum absolute atomic E-state index is 5.99. The first-order chi connectivity index (χ1) is 10.8. The molecule has 0 unspecified atom stereocenters. The van der Waals surface area contributed by atoms with E-state index in [9.17, 15) is 0 Å². The number of benzene rings is 1. The zero-order valence-corrected chi connectivity index (χ0v) is 12.4. The van der Waals surface area contributed by atoms with E-state index >= 15 is 0 Å². The summed E-state index contributed by atoms with van der Waals surface area (Å²) < 4.78 is 1.82. The van der Waals surface area contributed by atoms with Crippen LogP contribution in [0.1, 0.15) is 29.6 Å². The van der Waals surface area contributed by atoms with Crippen LogP contribution in [0.25, 0.3) is 0 Å². The Morgan fingerprint density at radius 2 is 2.00 bits per heavy atom. The molecule has 1 aliphatic heterocycles. The molecule has 1 aromatic carbocycles. The molecular formula is C15H13ClN6. The molecule has 0 fully saturated rings. The lowest BCUT2D eigenvalue weighted by Crippen LogP contribution is -2.28. The fourth-order valence-electron chi connectivity index (χ4n) is 2.80. The van der Waals surface area contributed by atoms with Gasteiger partial charge in [0, 0.05) is 17.4 Å². The highest BCUT2D eigenvalue weighted by Gasteiger charge is 2.30. The topological polar surface area (TPSA) is 68.5 Å². The third kappa shape index (κ3) is 2.31. The van der Waals surface area contributed by atoms with Gasteiger partial charge in [0.05, 0.1) is 12.1 Å². The standard InChI is InChI=1S/C15H13ClN6/c16-12-5-3-10(4-6-12)14-8-13(11-2-1-7-17-9-11)18-15-19-20-21-22(14)15/h1-7,9,13-14H,8H2,(H,18,19,21)/t13-,14-/m0/s1. The molecule has 7 heteroatoms. The first-order valence-corrected chi connectivity index (χ1v) is 7.39. The smallest absolute Gasteiger partial charge is 0.243 e. The van der Waals surface area contributed by atoms with Crippen molar-refractivity contribution in [1.82, 2.24) is 25.2 Å². The van der Waals surface area contributed by atoms with E-state index < -0.39 is 0 Å². The molecule has 2 aromatic heterocycles. The fraction of sp³-hybridized carbons (Fsp3) is 0.200. The Morgan fingerprint density at radius 3 is 2.77 bits per heavy atom. The third-order valence-corrected chi connectivity index (χ3v) is 4.14. The summed E-state index contributed by atoms with van der Waals surface area (Å²) >= 11 is 5.99. The van der Waals surface area contributed by atoms with Crippen LogP contribution in [0.2, 0.25) is 5.02 Å². The van der Waals surface area contributed by atoms with Gasteiger partial charge in [-0.3, -0.25) is 4.98 Å². The van der Waals surface area contributed by atoms with Crippen LogP contribution in [0.15, 0.2) is 48.8 Å². The summed E-state index contributed by atoms with van der Waals surface area (Å²) in [6.45, 7) is 0. The number of nitrogens with zero attached hydrogens (tertiary/aromatic N) is 5. The Hall–Kier alpha value is -2.47. The van der Waals surface area contributed by atoms with Gasteiger partial charge in [-0.2, -0.15) is 0 Å². The first kappa shape index (κ1) is 13.2. The van der Waals surface area contributed by atoms with Gasteiger partial charge >= 0.3 is 0 Å². The molecule has 1 aliphatic rings. The van der Waals surface area contributed by atoms with Gasteiger partial charge in [0.1, 0.15) is 0 Å². The van der Waals surface area contributed by atoms with Crippen LogP contribution in [-0.2, 0) is 0 Å². The molecule has 2 atom stereocenters. The molecular weight excluding hydrogens is 300 g/mol. The predicted molar refractivity (Wildman–Crippen MR) is 82.6 cm³/mol. The Balaban J connectivity index is 1.73. The van der Waals surface area contributed by atoms with Gasteiger partial charge in [0.2, 0.25) is 5.95 Å². The van der Waals surface area contributed by atoms with Crippen LogP contribution in [0.4, 0.5) is 5.95 Å². The van der Waals surface area contributed by atoms with E-state index in [1.807, 2.05) is 41.2 Å². The van der Waals surface area contributed by atoms with Crippen molar-refractivity contribution in [2.24, 2.45) is 0 Å². The summed E-state index contributed by atoms with van der Waals surface area (Å²) in [5.41, 5.74) is 2.25. The molecule has 22 heavy (non-hydrogen) atoms. The summed E-state index contributed by atoms with van der Waals surface area (Å²) in [7, 11) is 0. The number of fused-ring (bicyclic) bond motifs is 1. The zero-order valence-electron chi connectivity index (χ0n) is 11.6. The van der Waals surface area contributed by atoms with Crippen LogP contribution < -0.4 is 5.32 Å². The highest BCUT2D eigenvalue weighted by Crippen LogP contribution is 2.36. The Morgan fingerprint density at radius 1 is 1.14 bits per heavy atom. The highest BCUT2D eigenvalue weighted by molar-refractivity contribution is 6.30. The molecule has 6 nitrogen and oxygen atoms in total. The van der Waals surface area contributed by atoms with E-state index in [1.54, 1.807) is 6.20 Å². The Kier molecular flexibility index (Phi) is 3.23. The van der Waals surface area contributed by atoms with Crippen molar-refractivity contribution in [1.29, 1.82) is 0 Å². The second kappa shape index (κ2) is 5.38.